The van der Waals surface area contributed by atoms with E-state index in [1.54, 1.807) is 6.26 Å². The van der Waals surface area contributed by atoms with E-state index in [1.807, 2.05) is 13.0 Å². The van der Waals surface area contributed by atoms with Crippen molar-refractivity contribution in [1.29, 1.82) is 0 Å². The second kappa shape index (κ2) is 4.35. The van der Waals surface area contributed by atoms with Crippen LogP contribution >= 0.6 is 0 Å². The Morgan fingerprint density at radius 2 is 1.88 bits per heavy atom. The Bertz CT molecular complexity index is 473. The molecule has 0 aliphatic rings. The summed E-state index contributed by atoms with van der Waals surface area (Å²) in [5.74, 6) is -0.443. The molecule has 0 saturated carbocycles. The van der Waals surface area contributed by atoms with Crippen molar-refractivity contribution in [3.63, 3.8) is 0 Å². The van der Waals surface area contributed by atoms with Crippen molar-refractivity contribution in [1.82, 2.24) is 0 Å². The molecule has 0 unspecified atom stereocenters. The molecular weight excluding hydrogens is 212 g/mol. The summed E-state index contributed by atoms with van der Waals surface area (Å²) in [6.45, 7) is 2.31. The first kappa shape index (κ1) is 10.7. The molecule has 16 heavy (non-hydrogen) atoms. The Morgan fingerprint density at radius 3 is 2.44 bits per heavy atom. The van der Waals surface area contributed by atoms with E-state index < -0.39 is 11.6 Å². The maximum absolute atomic E-state index is 12.9. The third-order valence-corrected chi connectivity index (χ3v) is 2.28. The molecule has 0 aliphatic carbocycles. The van der Waals surface area contributed by atoms with E-state index >= 15 is 0 Å². The van der Waals surface area contributed by atoms with E-state index in [2.05, 4.69) is 5.32 Å². The first-order chi connectivity index (χ1) is 7.65. The number of halogens is 2. The SMILES string of the molecule is Cc1ccoc1CNc1cc(F)cc(F)c1. The Kier molecular flexibility index (Phi) is 2.90. The molecule has 0 spiro atoms. The minimum absolute atomic E-state index is 0.397. The standard InChI is InChI=1S/C12H11F2NO/c1-8-2-3-16-12(8)7-15-11-5-9(13)4-10(14)6-11/h2-6,15H,7H2,1H3. The van der Waals surface area contributed by atoms with Gasteiger partial charge in [0.25, 0.3) is 0 Å². The molecule has 1 aromatic carbocycles. The number of hydrogen-bond donors (Lipinski definition) is 1. The van der Waals surface area contributed by atoms with Crippen LogP contribution in [-0.2, 0) is 6.54 Å². The predicted octanol–water partition coefficient (Wildman–Crippen LogP) is 3.48. The van der Waals surface area contributed by atoms with Gasteiger partial charge in [-0.25, -0.2) is 8.78 Å². The number of nitrogens with one attached hydrogen (secondary N) is 1. The molecule has 4 heteroatoms. The number of rotatable bonds is 3. The lowest BCUT2D eigenvalue weighted by Crippen LogP contribution is -2.00. The van der Waals surface area contributed by atoms with Crippen molar-refractivity contribution in [2.45, 2.75) is 13.5 Å². The zero-order valence-corrected chi connectivity index (χ0v) is 8.76. The molecule has 0 atom stereocenters. The van der Waals surface area contributed by atoms with Crippen LogP contribution in [0.1, 0.15) is 11.3 Å². The van der Waals surface area contributed by atoms with Gasteiger partial charge >= 0.3 is 0 Å². The summed E-state index contributed by atoms with van der Waals surface area (Å²) in [5.41, 5.74) is 1.40. The van der Waals surface area contributed by atoms with Crippen LogP contribution in [0.25, 0.3) is 0 Å². The van der Waals surface area contributed by atoms with Gasteiger partial charge in [0.05, 0.1) is 12.8 Å². The third kappa shape index (κ3) is 2.39. The molecule has 0 amide bonds. The zero-order chi connectivity index (χ0) is 11.5. The monoisotopic (exact) mass is 223 g/mol. The number of furan rings is 1. The smallest absolute Gasteiger partial charge is 0.128 e. The summed E-state index contributed by atoms with van der Waals surface area (Å²) in [6.07, 6.45) is 1.58. The highest BCUT2D eigenvalue weighted by atomic mass is 19.1. The summed E-state index contributed by atoms with van der Waals surface area (Å²) >= 11 is 0. The molecule has 1 heterocycles. The van der Waals surface area contributed by atoms with Crippen molar-refractivity contribution in [2.75, 3.05) is 5.32 Å². The van der Waals surface area contributed by atoms with E-state index in [1.165, 1.54) is 12.1 Å². The molecule has 2 nitrogen and oxygen atoms in total. The molecule has 1 N–H and O–H groups in total. The summed E-state index contributed by atoms with van der Waals surface area (Å²) in [6, 6.07) is 5.15. The van der Waals surface area contributed by atoms with Crippen molar-refractivity contribution in [3.05, 3.63) is 53.5 Å². The largest absolute Gasteiger partial charge is 0.467 e. The van der Waals surface area contributed by atoms with Crippen LogP contribution in [0.15, 0.2) is 34.9 Å². The Balaban J connectivity index is 2.07. The predicted molar refractivity (Wildman–Crippen MR) is 57.1 cm³/mol. The molecule has 0 saturated heterocycles. The summed E-state index contributed by atoms with van der Waals surface area (Å²) in [5, 5.41) is 2.90. The molecule has 2 aromatic rings. The summed E-state index contributed by atoms with van der Waals surface area (Å²) < 4.78 is 30.9. The molecule has 0 radical (unpaired) electrons. The molecule has 84 valence electrons. The quantitative estimate of drug-likeness (QED) is 0.861. The van der Waals surface area contributed by atoms with Crippen molar-refractivity contribution in [3.8, 4) is 0 Å². The van der Waals surface area contributed by atoms with Gasteiger partial charge in [-0.15, -0.1) is 0 Å². The van der Waals surface area contributed by atoms with Crippen LogP contribution in [0, 0.1) is 18.6 Å². The number of aryl methyl sites for hydroxylation is 1. The fraction of sp³-hybridized carbons (Fsp3) is 0.167. The summed E-state index contributed by atoms with van der Waals surface area (Å²) in [4.78, 5) is 0. The minimum atomic E-state index is -0.598. The fourth-order valence-electron chi connectivity index (χ4n) is 1.42. The molecule has 0 aliphatic heterocycles. The van der Waals surface area contributed by atoms with E-state index in [0.717, 1.165) is 17.4 Å². The van der Waals surface area contributed by atoms with Crippen molar-refractivity contribution >= 4 is 5.69 Å². The Hall–Kier alpha value is -1.84. The topological polar surface area (TPSA) is 25.2 Å². The van der Waals surface area contributed by atoms with E-state index in [9.17, 15) is 8.78 Å². The van der Waals surface area contributed by atoms with Gasteiger partial charge in [0.2, 0.25) is 0 Å². The fourth-order valence-corrected chi connectivity index (χ4v) is 1.42. The minimum Gasteiger partial charge on any atom is -0.467 e. The van der Waals surface area contributed by atoms with Crippen LogP contribution in [0.4, 0.5) is 14.5 Å². The van der Waals surface area contributed by atoms with Crippen LogP contribution in [-0.4, -0.2) is 0 Å². The molecule has 1 aromatic heterocycles. The lowest BCUT2D eigenvalue weighted by molar-refractivity contribution is 0.515. The maximum Gasteiger partial charge on any atom is 0.128 e. The molecule has 2 rings (SSSR count). The van der Waals surface area contributed by atoms with Crippen LogP contribution in [0.2, 0.25) is 0 Å². The number of anilines is 1. The Morgan fingerprint density at radius 1 is 1.19 bits per heavy atom. The molecule has 0 bridgehead atoms. The van der Waals surface area contributed by atoms with Gasteiger partial charge in [-0.1, -0.05) is 0 Å². The highest BCUT2D eigenvalue weighted by Crippen LogP contribution is 2.15. The summed E-state index contributed by atoms with van der Waals surface area (Å²) in [7, 11) is 0. The highest BCUT2D eigenvalue weighted by Gasteiger charge is 2.03. The van der Waals surface area contributed by atoms with Gasteiger partial charge in [-0.2, -0.15) is 0 Å². The second-order valence-corrected chi connectivity index (χ2v) is 3.54. The van der Waals surface area contributed by atoms with Gasteiger partial charge in [-0.3, -0.25) is 0 Å². The molecular formula is C12H11F2NO. The van der Waals surface area contributed by atoms with Gasteiger partial charge in [0.15, 0.2) is 0 Å². The lowest BCUT2D eigenvalue weighted by Gasteiger charge is -2.05. The third-order valence-electron chi connectivity index (χ3n) is 2.28. The van der Waals surface area contributed by atoms with Crippen molar-refractivity contribution in [2.24, 2.45) is 0 Å². The van der Waals surface area contributed by atoms with E-state index in [0.29, 0.717) is 12.2 Å². The van der Waals surface area contributed by atoms with Gasteiger partial charge in [0.1, 0.15) is 17.4 Å². The van der Waals surface area contributed by atoms with Crippen LogP contribution < -0.4 is 5.32 Å². The maximum atomic E-state index is 12.9. The first-order valence-corrected chi connectivity index (χ1v) is 4.88. The van der Waals surface area contributed by atoms with Gasteiger partial charge in [0, 0.05) is 11.8 Å². The number of hydrogen-bond acceptors (Lipinski definition) is 2. The van der Waals surface area contributed by atoms with Crippen molar-refractivity contribution < 1.29 is 13.2 Å². The average molecular weight is 223 g/mol. The first-order valence-electron chi connectivity index (χ1n) is 4.88. The zero-order valence-electron chi connectivity index (χ0n) is 8.76. The normalized spacial score (nSPS) is 10.4. The Labute approximate surface area is 91.9 Å². The average Bonchev–Trinajstić information content (AvgIpc) is 2.59. The number of benzene rings is 1. The molecule has 0 fully saturated rings. The van der Waals surface area contributed by atoms with E-state index in [-0.39, 0.29) is 0 Å². The highest BCUT2D eigenvalue weighted by molar-refractivity contribution is 5.44. The van der Waals surface area contributed by atoms with E-state index in [4.69, 9.17) is 4.42 Å². The second-order valence-electron chi connectivity index (χ2n) is 3.54. The lowest BCUT2D eigenvalue weighted by atomic mass is 10.2. The van der Waals surface area contributed by atoms with Gasteiger partial charge in [-0.05, 0) is 30.7 Å². The van der Waals surface area contributed by atoms with Crippen LogP contribution in [0.5, 0.6) is 0 Å². The van der Waals surface area contributed by atoms with Gasteiger partial charge < -0.3 is 9.73 Å². The van der Waals surface area contributed by atoms with Crippen LogP contribution in [0.3, 0.4) is 0 Å².